The van der Waals surface area contributed by atoms with E-state index in [4.69, 9.17) is 17.3 Å². The average Bonchev–Trinajstić information content (AvgIpc) is 3.14. The number of pyridine rings is 2. The smallest absolute Gasteiger partial charge is 0.419 e. The third-order valence-corrected chi connectivity index (χ3v) is 6.70. The van der Waals surface area contributed by atoms with Gasteiger partial charge in [0.1, 0.15) is 15.8 Å². The summed E-state index contributed by atoms with van der Waals surface area (Å²) in [6.45, 7) is -0.0300. The monoisotopic (exact) mass is 576 g/mol. The van der Waals surface area contributed by atoms with Gasteiger partial charge >= 0.3 is 12.1 Å². The maximum absolute atomic E-state index is 13.7. The number of anilines is 1. The van der Waals surface area contributed by atoms with Crippen LogP contribution in [0.15, 0.2) is 59.6 Å². The fraction of sp³-hybridized carbons (Fsp3) is 0.120. The number of nitrogens with one attached hydrogen (secondary N) is 1. The second-order valence-electron chi connectivity index (χ2n) is 8.01. The van der Waals surface area contributed by atoms with E-state index in [0.29, 0.717) is 6.07 Å². The van der Waals surface area contributed by atoms with Crippen molar-refractivity contribution in [1.82, 2.24) is 14.9 Å². The molecular weight excluding hydrogens is 560 g/mol. The van der Waals surface area contributed by atoms with Gasteiger partial charge in [-0.15, -0.1) is 0 Å². The van der Waals surface area contributed by atoms with Crippen LogP contribution in [0.2, 0.25) is 0 Å². The number of halogens is 4. The summed E-state index contributed by atoms with van der Waals surface area (Å²) < 4.78 is 53.2. The minimum atomic E-state index is -4.87. The SMILES string of the molecule is O=C(CCN1C(=O)C(=Cc2cccc(-c3ccc(F)c(C(F)(F)F)c3)n2)SC1=S)Nc1ccc(C(=O)O)nc1. The zero-order valence-electron chi connectivity index (χ0n) is 19.5. The fourth-order valence-electron chi connectivity index (χ4n) is 3.45. The molecule has 0 radical (unpaired) electrons. The molecule has 1 aliphatic rings. The zero-order chi connectivity index (χ0) is 28.3. The molecule has 3 heterocycles. The Labute approximate surface area is 227 Å². The number of benzene rings is 1. The van der Waals surface area contributed by atoms with Crippen LogP contribution in [-0.2, 0) is 15.8 Å². The van der Waals surface area contributed by atoms with Gasteiger partial charge in [0.05, 0.1) is 33.7 Å². The van der Waals surface area contributed by atoms with Crippen LogP contribution in [-0.4, -0.2) is 48.6 Å². The van der Waals surface area contributed by atoms with E-state index in [-0.39, 0.29) is 50.5 Å². The molecule has 0 spiro atoms. The molecule has 2 aromatic heterocycles. The predicted octanol–water partition coefficient (Wildman–Crippen LogP) is 5.23. The standard InChI is InChI=1S/C25H16F4N4O4S2/c26-17-6-4-13(10-16(17)25(27,28)29)18-3-1-2-14(31-18)11-20-22(35)33(24(38)39-20)9-8-21(34)32-15-5-7-19(23(36)37)30-12-15/h1-7,10-12H,8-9H2,(H,32,34)(H,36,37). The first-order valence-corrected chi connectivity index (χ1v) is 12.2. The van der Waals surface area contributed by atoms with Crippen LogP contribution >= 0.6 is 24.0 Å². The van der Waals surface area contributed by atoms with Crippen LogP contribution in [0, 0.1) is 5.82 Å². The van der Waals surface area contributed by atoms with Crippen molar-refractivity contribution in [3.63, 3.8) is 0 Å². The van der Waals surface area contributed by atoms with Crippen molar-refractivity contribution >= 4 is 57.8 Å². The normalized spacial score (nSPS) is 14.7. The van der Waals surface area contributed by atoms with E-state index < -0.39 is 35.3 Å². The number of aromatic nitrogens is 2. The third kappa shape index (κ3) is 6.64. The van der Waals surface area contributed by atoms with Crippen molar-refractivity contribution in [3.05, 3.63) is 82.4 Å². The van der Waals surface area contributed by atoms with Gasteiger partial charge in [-0.25, -0.2) is 19.2 Å². The summed E-state index contributed by atoms with van der Waals surface area (Å²) >= 11 is 6.24. The molecule has 0 saturated carbocycles. The van der Waals surface area contributed by atoms with Crippen LogP contribution in [0.1, 0.15) is 28.2 Å². The zero-order valence-corrected chi connectivity index (χ0v) is 21.2. The number of hydrogen-bond donors (Lipinski definition) is 2. The van der Waals surface area contributed by atoms with Crippen molar-refractivity contribution in [2.75, 3.05) is 11.9 Å². The Morgan fingerprint density at radius 3 is 2.59 bits per heavy atom. The average molecular weight is 577 g/mol. The summed E-state index contributed by atoms with van der Waals surface area (Å²) in [5.74, 6) is -3.53. The molecule has 2 amide bonds. The van der Waals surface area contributed by atoms with Gasteiger partial charge in [0.25, 0.3) is 5.91 Å². The molecule has 39 heavy (non-hydrogen) atoms. The van der Waals surface area contributed by atoms with Crippen molar-refractivity contribution in [1.29, 1.82) is 0 Å². The molecule has 0 unspecified atom stereocenters. The number of hydrogen-bond acceptors (Lipinski definition) is 7. The number of thiocarbonyl (C=S) groups is 1. The number of nitrogens with zero attached hydrogens (tertiary/aromatic N) is 3. The first-order valence-electron chi connectivity index (χ1n) is 11.0. The Kier molecular flexibility index (Phi) is 8.06. The van der Waals surface area contributed by atoms with Crippen LogP contribution in [0.4, 0.5) is 23.2 Å². The van der Waals surface area contributed by atoms with E-state index in [9.17, 15) is 31.9 Å². The minimum Gasteiger partial charge on any atom is -0.477 e. The molecule has 1 aromatic carbocycles. The van der Waals surface area contributed by atoms with E-state index in [2.05, 4.69) is 15.3 Å². The Balaban J connectivity index is 1.43. The molecule has 2 N–H and O–H groups in total. The van der Waals surface area contributed by atoms with E-state index >= 15 is 0 Å². The lowest BCUT2D eigenvalue weighted by Gasteiger charge is -2.14. The highest BCUT2D eigenvalue weighted by Crippen LogP contribution is 2.35. The molecular formula is C25H16F4N4O4S2. The third-order valence-electron chi connectivity index (χ3n) is 5.32. The Bertz CT molecular complexity index is 1510. The van der Waals surface area contributed by atoms with E-state index in [1.807, 2.05) is 0 Å². The summed E-state index contributed by atoms with van der Waals surface area (Å²) in [6.07, 6.45) is -2.36. The summed E-state index contributed by atoms with van der Waals surface area (Å²) in [6, 6.07) is 9.72. The number of rotatable bonds is 7. The molecule has 4 rings (SSSR count). The molecule has 0 bridgehead atoms. The number of amides is 2. The number of carbonyl (C=O) groups excluding carboxylic acids is 2. The number of carbonyl (C=O) groups is 3. The van der Waals surface area contributed by atoms with Gasteiger partial charge in [0.15, 0.2) is 0 Å². The summed E-state index contributed by atoms with van der Waals surface area (Å²) in [7, 11) is 0. The molecule has 1 aliphatic heterocycles. The number of thioether (sulfide) groups is 1. The van der Waals surface area contributed by atoms with Crippen molar-refractivity contribution in [3.8, 4) is 11.3 Å². The minimum absolute atomic E-state index is 0.0300. The summed E-state index contributed by atoms with van der Waals surface area (Å²) in [5.41, 5.74) is -0.852. The van der Waals surface area contributed by atoms with E-state index in [1.54, 1.807) is 6.07 Å². The van der Waals surface area contributed by atoms with E-state index in [1.165, 1.54) is 47.5 Å². The number of carboxylic acids is 1. The van der Waals surface area contributed by atoms with Gasteiger partial charge in [0.2, 0.25) is 5.91 Å². The second kappa shape index (κ2) is 11.3. The summed E-state index contributed by atoms with van der Waals surface area (Å²) in [4.78, 5) is 45.5. The number of alkyl halides is 3. The molecule has 0 aliphatic carbocycles. The van der Waals surface area contributed by atoms with Crippen LogP contribution in [0.25, 0.3) is 17.3 Å². The van der Waals surface area contributed by atoms with Crippen molar-refractivity contribution in [2.24, 2.45) is 0 Å². The maximum atomic E-state index is 13.7. The topological polar surface area (TPSA) is 112 Å². The molecule has 3 aromatic rings. The number of carboxylic acid groups (broad SMARTS) is 1. The molecule has 8 nitrogen and oxygen atoms in total. The second-order valence-corrected chi connectivity index (χ2v) is 9.68. The lowest BCUT2D eigenvalue weighted by Crippen LogP contribution is -2.31. The quantitative estimate of drug-likeness (QED) is 0.224. The Morgan fingerprint density at radius 1 is 1.15 bits per heavy atom. The Hall–Kier alpha value is -4.17. The van der Waals surface area contributed by atoms with Gasteiger partial charge in [-0.3, -0.25) is 14.5 Å². The fourth-order valence-corrected chi connectivity index (χ4v) is 4.75. The van der Waals surface area contributed by atoms with Gasteiger partial charge in [-0.05, 0) is 48.5 Å². The van der Waals surface area contributed by atoms with Crippen LogP contribution in [0.3, 0.4) is 0 Å². The number of aromatic carboxylic acids is 1. The highest BCUT2D eigenvalue weighted by atomic mass is 32.2. The van der Waals surface area contributed by atoms with Gasteiger partial charge in [-0.2, -0.15) is 13.2 Å². The van der Waals surface area contributed by atoms with Gasteiger partial charge in [0, 0.05) is 18.5 Å². The van der Waals surface area contributed by atoms with E-state index in [0.717, 1.165) is 17.8 Å². The highest BCUT2D eigenvalue weighted by molar-refractivity contribution is 8.26. The first-order chi connectivity index (χ1) is 18.4. The van der Waals surface area contributed by atoms with Gasteiger partial charge < -0.3 is 10.4 Å². The predicted molar refractivity (Wildman–Crippen MR) is 139 cm³/mol. The molecule has 1 fully saturated rings. The molecule has 0 atom stereocenters. The highest BCUT2D eigenvalue weighted by Gasteiger charge is 2.34. The molecule has 14 heteroatoms. The van der Waals surface area contributed by atoms with Crippen LogP contribution < -0.4 is 5.32 Å². The largest absolute Gasteiger partial charge is 0.477 e. The molecule has 200 valence electrons. The van der Waals surface area contributed by atoms with Crippen molar-refractivity contribution < 1.29 is 37.1 Å². The summed E-state index contributed by atoms with van der Waals surface area (Å²) in [5, 5.41) is 11.4. The van der Waals surface area contributed by atoms with Crippen LogP contribution in [0.5, 0.6) is 0 Å². The van der Waals surface area contributed by atoms with Gasteiger partial charge in [-0.1, -0.05) is 30.0 Å². The Morgan fingerprint density at radius 2 is 1.92 bits per heavy atom. The molecule has 1 saturated heterocycles. The lowest BCUT2D eigenvalue weighted by atomic mass is 10.1. The van der Waals surface area contributed by atoms with Crippen molar-refractivity contribution in [2.45, 2.75) is 12.6 Å². The lowest BCUT2D eigenvalue weighted by molar-refractivity contribution is -0.140. The first kappa shape index (κ1) is 27.9. The maximum Gasteiger partial charge on any atom is 0.419 e.